The first-order valence-corrected chi connectivity index (χ1v) is 7.76. The van der Waals surface area contributed by atoms with Crippen molar-refractivity contribution in [3.8, 4) is 0 Å². The topological polar surface area (TPSA) is 35.5 Å². The first kappa shape index (κ1) is 12.9. The highest BCUT2D eigenvalue weighted by molar-refractivity contribution is 4.92. The van der Waals surface area contributed by atoms with E-state index < -0.39 is 5.60 Å². The first-order valence-electron chi connectivity index (χ1n) is 7.76. The largest absolute Gasteiger partial charge is 0.388 e. The fourth-order valence-electron chi connectivity index (χ4n) is 4.62. The molecular weight excluding hydrogens is 224 g/mol. The summed E-state index contributed by atoms with van der Waals surface area (Å²) in [6, 6.07) is 0. The molecule has 3 aliphatic rings. The van der Waals surface area contributed by atoms with Crippen molar-refractivity contribution in [2.24, 2.45) is 17.8 Å². The number of hydrogen-bond donors (Lipinski definition) is 2. The van der Waals surface area contributed by atoms with Crippen molar-refractivity contribution in [3.05, 3.63) is 0 Å². The molecule has 2 bridgehead atoms. The fourth-order valence-corrected chi connectivity index (χ4v) is 4.62. The second-order valence-corrected chi connectivity index (χ2v) is 7.11. The molecule has 3 rings (SSSR count). The van der Waals surface area contributed by atoms with Crippen LogP contribution in [0.2, 0.25) is 0 Å². The summed E-state index contributed by atoms with van der Waals surface area (Å²) >= 11 is 0. The number of fused-ring (bicyclic) bond motifs is 2. The van der Waals surface area contributed by atoms with Gasteiger partial charge in [0.05, 0.1) is 5.60 Å². The van der Waals surface area contributed by atoms with Gasteiger partial charge in [0.15, 0.2) is 0 Å². The smallest absolute Gasteiger partial charge is 0.0798 e. The molecule has 3 heteroatoms. The van der Waals surface area contributed by atoms with Crippen LogP contribution in [-0.4, -0.2) is 48.8 Å². The molecule has 0 aromatic carbocycles. The predicted molar refractivity (Wildman–Crippen MR) is 73.5 cm³/mol. The van der Waals surface area contributed by atoms with Gasteiger partial charge in [-0.2, -0.15) is 0 Å². The zero-order valence-corrected chi connectivity index (χ0v) is 11.7. The van der Waals surface area contributed by atoms with E-state index in [0.29, 0.717) is 0 Å². The molecule has 18 heavy (non-hydrogen) atoms. The third-order valence-electron chi connectivity index (χ3n) is 5.53. The lowest BCUT2D eigenvalue weighted by atomic mass is 9.87. The molecule has 2 saturated carbocycles. The number of rotatable bonds is 4. The number of nitrogens with one attached hydrogen (secondary N) is 1. The van der Waals surface area contributed by atoms with Crippen LogP contribution in [0.3, 0.4) is 0 Å². The van der Waals surface area contributed by atoms with Crippen LogP contribution in [0.25, 0.3) is 0 Å². The van der Waals surface area contributed by atoms with Crippen molar-refractivity contribution < 1.29 is 5.11 Å². The highest BCUT2D eigenvalue weighted by Gasteiger charge is 2.40. The van der Waals surface area contributed by atoms with Crippen LogP contribution in [-0.2, 0) is 0 Å². The maximum Gasteiger partial charge on any atom is 0.0798 e. The first-order chi connectivity index (χ1) is 8.65. The molecule has 0 spiro atoms. The van der Waals surface area contributed by atoms with Crippen molar-refractivity contribution in [1.82, 2.24) is 10.2 Å². The van der Waals surface area contributed by atoms with Gasteiger partial charge in [0.2, 0.25) is 0 Å². The zero-order chi connectivity index (χ0) is 12.6. The van der Waals surface area contributed by atoms with E-state index in [1.54, 1.807) is 0 Å². The predicted octanol–water partition coefficient (Wildman–Crippen LogP) is 1.47. The van der Waals surface area contributed by atoms with Gasteiger partial charge >= 0.3 is 0 Å². The Morgan fingerprint density at radius 2 is 2.00 bits per heavy atom. The van der Waals surface area contributed by atoms with Crippen LogP contribution in [0.15, 0.2) is 0 Å². The van der Waals surface area contributed by atoms with Crippen molar-refractivity contribution in [2.75, 3.05) is 33.2 Å². The van der Waals surface area contributed by atoms with Crippen LogP contribution in [0.5, 0.6) is 0 Å². The summed E-state index contributed by atoms with van der Waals surface area (Å²) in [5.74, 6) is 2.95. The number of aliphatic hydroxyl groups is 1. The normalized spacial score (nSPS) is 38.5. The molecule has 0 amide bonds. The summed E-state index contributed by atoms with van der Waals surface area (Å²) in [5.41, 5.74) is -0.433. The number of nitrogens with zero attached hydrogens (tertiary/aromatic N) is 1. The Bertz CT molecular complexity index is 288. The molecule has 1 aliphatic heterocycles. The van der Waals surface area contributed by atoms with Crippen molar-refractivity contribution in [2.45, 2.75) is 44.1 Å². The van der Waals surface area contributed by atoms with E-state index in [9.17, 15) is 5.11 Å². The van der Waals surface area contributed by atoms with Crippen molar-refractivity contribution in [1.29, 1.82) is 0 Å². The molecule has 3 fully saturated rings. The number of likely N-dealkylation sites (N-methyl/N-ethyl adjacent to an activating group) is 1. The van der Waals surface area contributed by atoms with Crippen LogP contribution < -0.4 is 5.32 Å². The standard InChI is InChI=1S/C15H28N2O/c1-17(11-15(18)4-6-16-7-5-15)10-14-9-12-2-3-13(14)8-12/h12-14,16,18H,2-11H2,1H3. The van der Waals surface area contributed by atoms with E-state index in [2.05, 4.69) is 17.3 Å². The van der Waals surface area contributed by atoms with Gasteiger partial charge in [-0.25, -0.2) is 0 Å². The lowest BCUT2D eigenvalue weighted by Crippen LogP contribution is -2.49. The Morgan fingerprint density at radius 1 is 1.22 bits per heavy atom. The number of piperidine rings is 1. The maximum atomic E-state index is 10.6. The van der Waals surface area contributed by atoms with E-state index in [-0.39, 0.29) is 0 Å². The van der Waals surface area contributed by atoms with E-state index in [1.165, 1.54) is 32.2 Å². The molecule has 0 aromatic heterocycles. The molecule has 2 aliphatic carbocycles. The van der Waals surface area contributed by atoms with Gasteiger partial charge in [-0.05, 0) is 70.0 Å². The van der Waals surface area contributed by atoms with Crippen molar-refractivity contribution >= 4 is 0 Å². The monoisotopic (exact) mass is 252 g/mol. The van der Waals surface area contributed by atoms with E-state index >= 15 is 0 Å². The van der Waals surface area contributed by atoms with E-state index in [1.807, 2.05) is 0 Å². The average molecular weight is 252 g/mol. The minimum Gasteiger partial charge on any atom is -0.388 e. The minimum atomic E-state index is -0.433. The summed E-state index contributed by atoms with van der Waals surface area (Å²) in [4.78, 5) is 2.40. The van der Waals surface area contributed by atoms with Gasteiger partial charge in [-0.3, -0.25) is 0 Å². The van der Waals surface area contributed by atoms with Crippen LogP contribution >= 0.6 is 0 Å². The molecule has 0 radical (unpaired) electrons. The van der Waals surface area contributed by atoms with Gasteiger partial charge in [0, 0.05) is 13.1 Å². The minimum absolute atomic E-state index is 0.433. The Balaban J connectivity index is 1.48. The molecule has 3 nitrogen and oxygen atoms in total. The summed E-state index contributed by atoms with van der Waals surface area (Å²) in [6.07, 6.45) is 7.72. The van der Waals surface area contributed by atoms with E-state index in [4.69, 9.17) is 0 Å². The highest BCUT2D eigenvalue weighted by Crippen LogP contribution is 2.48. The Hall–Kier alpha value is -0.120. The second-order valence-electron chi connectivity index (χ2n) is 7.11. The number of hydrogen-bond acceptors (Lipinski definition) is 3. The maximum absolute atomic E-state index is 10.6. The zero-order valence-electron chi connectivity index (χ0n) is 11.7. The summed E-state index contributed by atoms with van der Waals surface area (Å²) in [6.45, 7) is 4.01. The van der Waals surface area contributed by atoms with Gasteiger partial charge in [-0.1, -0.05) is 6.42 Å². The van der Waals surface area contributed by atoms with Gasteiger partial charge in [-0.15, -0.1) is 0 Å². The third-order valence-corrected chi connectivity index (χ3v) is 5.53. The van der Waals surface area contributed by atoms with E-state index in [0.717, 1.165) is 50.2 Å². The van der Waals surface area contributed by atoms with Crippen molar-refractivity contribution in [3.63, 3.8) is 0 Å². The lowest BCUT2D eigenvalue weighted by Gasteiger charge is -2.37. The Morgan fingerprint density at radius 3 is 2.61 bits per heavy atom. The van der Waals surface area contributed by atoms with Gasteiger partial charge in [0.1, 0.15) is 0 Å². The molecule has 1 saturated heterocycles. The van der Waals surface area contributed by atoms with Gasteiger partial charge < -0.3 is 15.3 Å². The Kier molecular flexibility index (Phi) is 3.65. The quantitative estimate of drug-likeness (QED) is 0.795. The highest BCUT2D eigenvalue weighted by atomic mass is 16.3. The fraction of sp³-hybridized carbons (Fsp3) is 1.00. The summed E-state index contributed by atoms with van der Waals surface area (Å²) in [5, 5.41) is 13.9. The molecule has 1 heterocycles. The van der Waals surface area contributed by atoms with Gasteiger partial charge in [0.25, 0.3) is 0 Å². The molecule has 3 atom stereocenters. The molecule has 2 N–H and O–H groups in total. The SMILES string of the molecule is CN(CC1CC2CCC1C2)CC1(O)CCNCC1. The van der Waals surface area contributed by atoms with Crippen LogP contribution in [0.1, 0.15) is 38.5 Å². The summed E-state index contributed by atoms with van der Waals surface area (Å²) in [7, 11) is 2.20. The molecule has 104 valence electrons. The molecule has 3 unspecified atom stereocenters. The average Bonchev–Trinajstić information content (AvgIpc) is 2.90. The van der Waals surface area contributed by atoms with Crippen LogP contribution in [0.4, 0.5) is 0 Å². The third kappa shape index (κ3) is 2.73. The van der Waals surface area contributed by atoms with Crippen LogP contribution in [0, 0.1) is 17.8 Å². The molecule has 0 aromatic rings. The Labute approximate surface area is 111 Å². The molecular formula is C15H28N2O. The second kappa shape index (κ2) is 5.10. The summed E-state index contributed by atoms with van der Waals surface area (Å²) < 4.78 is 0. The lowest BCUT2D eigenvalue weighted by molar-refractivity contribution is -0.0193.